The summed E-state index contributed by atoms with van der Waals surface area (Å²) < 4.78 is 11.1. The van der Waals surface area contributed by atoms with Crippen LogP contribution in [0, 0.1) is 6.92 Å². The average Bonchev–Trinajstić information content (AvgIpc) is 2.80. The van der Waals surface area contributed by atoms with Crippen molar-refractivity contribution in [2.45, 2.75) is 19.1 Å². The monoisotopic (exact) mass is 450 g/mol. The summed E-state index contributed by atoms with van der Waals surface area (Å²) in [4.78, 5) is 24.6. The maximum absolute atomic E-state index is 12.5. The third-order valence-corrected chi connectivity index (χ3v) is 5.73. The van der Waals surface area contributed by atoms with E-state index < -0.39 is 0 Å². The highest BCUT2D eigenvalue weighted by Crippen LogP contribution is 2.31. The number of carbonyl (C=O) groups excluding carboxylic acids is 2. The molecule has 32 heavy (non-hydrogen) atoms. The number of hydrogen-bond donors (Lipinski definition) is 2. The van der Waals surface area contributed by atoms with Crippen LogP contribution in [-0.4, -0.2) is 29.9 Å². The minimum absolute atomic E-state index is 0.142. The van der Waals surface area contributed by atoms with Crippen molar-refractivity contribution in [3.63, 3.8) is 0 Å². The molecule has 2 amide bonds. The fourth-order valence-corrected chi connectivity index (χ4v) is 3.47. The molecule has 0 bridgehead atoms. The molecule has 0 aromatic heterocycles. The summed E-state index contributed by atoms with van der Waals surface area (Å²) in [5.41, 5.74) is 2.52. The molecule has 0 aliphatic carbocycles. The number of para-hydroxylation sites is 2. The van der Waals surface area contributed by atoms with Crippen molar-refractivity contribution in [2.24, 2.45) is 0 Å². The number of carbonyl (C=O) groups is 2. The lowest BCUT2D eigenvalue weighted by Crippen LogP contribution is -2.25. The Labute approximate surface area is 192 Å². The molecular formula is C25H26N2O4S. The van der Waals surface area contributed by atoms with Crippen molar-refractivity contribution >= 4 is 35.0 Å². The first-order chi connectivity index (χ1) is 15.4. The molecule has 0 fully saturated rings. The third-order valence-electron chi connectivity index (χ3n) is 4.59. The van der Waals surface area contributed by atoms with Crippen molar-refractivity contribution in [2.75, 3.05) is 23.5 Å². The molecule has 0 saturated heterocycles. The summed E-state index contributed by atoms with van der Waals surface area (Å²) >= 11 is 1.28. The van der Waals surface area contributed by atoms with Gasteiger partial charge < -0.3 is 20.1 Å². The van der Waals surface area contributed by atoms with Gasteiger partial charge in [-0.2, -0.15) is 0 Å². The molecule has 166 valence electrons. The molecule has 3 rings (SSSR count). The number of hydrogen-bond acceptors (Lipinski definition) is 5. The van der Waals surface area contributed by atoms with E-state index in [2.05, 4.69) is 10.6 Å². The SMILES string of the molecule is COc1ccccc1Oc1ccc(NC(=O)C(C)SCC(=O)Nc2ccc(C)cc2)cc1. The number of nitrogens with one attached hydrogen (secondary N) is 2. The number of thioether (sulfide) groups is 1. The van der Waals surface area contributed by atoms with Crippen LogP contribution < -0.4 is 20.1 Å². The maximum atomic E-state index is 12.5. The highest BCUT2D eigenvalue weighted by molar-refractivity contribution is 8.01. The van der Waals surface area contributed by atoms with Crippen LogP contribution in [0.5, 0.6) is 17.2 Å². The van der Waals surface area contributed by atoms with Crippen LogP contribution in [0.4, 0.5) is 11.4 Å². The van der Waals surface area contributed by atoms with Gasteiger partial charge in [-0.05, 0) is 62.4 Å². The largest absolute Gasteiger partial charge is 0.493 e. The van der Waals surface area contributed by atoms with Gasteiger partial charge >= 0.3 is 0 Å². The minimum Gasteiger partial charge on any atom is -0.493 e. The van der Waals surface area contributed by atoms with Gasteiger partial charge in [0, 0.05) is 11.4 Å². The molecule has 1 atom stereocenters. The van der Waals surface area contributed by atoms with Crippen molar-refractivity contribution in [1.82, 2.24) is 0 Å². The predicted molar refractivity (Wildman–Crippen MR) is 130 cm³/mol. The summed E-state index contributed by atoms with van der Waals surface area (Å²) in [6.07, 6.45) is 0. The summed E-state index contributed by atoms with van der Waals surface area (Å²) in [6.45, 7) is 3.76. The van der Waals surface area contributed by atoms with Crippen molar-refractivity contribution in [3.8, 4) is 17.2 Å². The molecule has 3 aromatic carbocycles. The van der Waals surface area contributed by atoms with Gasteiger partial charge in [0.25, 0.3) is 0 Å². The molecule has 0 heterocycles. The number of amides is 2. The Balaban J connectivity index is 1.47. The van der Waals surface area contributed by atoms with Gasteiger partial charge in [-0.1, -0.05) is 29.8 Å². The summed E-state index contributed by atoms with van der Waals surface area (Å²) in [7, 11) is 1.59. The smallest absolute Gasteiger partial charge is 0.237 e. The van der Waals surface area contributed by atoms with Crippen LogP contribution in [0.25, 0.3) is 0 Å². The van der Waals surface area contributed by atoms with Gasteiger partial charge in [0.1, 0.15) is 5.75 Å². The molecule has 7 heteroatoms. The van der Waals surface area contributed by atoms with Gasteiger partial charge in [-0.15, -0.1) is 11.8 Å². The molecular weight excluding hydrogens is 424 g/mol. The predicted octanol–water partition coefficient (Wildman–Crippen LogP) is 5.49. The number of benzene rings is 3. The zero-order valence-corrected chi connectivity index (χ0v) is 19.1. The van der Waals surface area contributed by atoms with Gasteiger partial charge in [0.05, 0.1) is 18.1 Å². The first-order valence-corrected chi connectivity index (χ1v) is 11.2. The van der Waals surface area contributed by atoms with Gasteiger partial charge in [0.2, 0.25) is 11.8 Å². The lowest BCUT2D eigenvalue weighted by atomic mass is 10.2. The molecule has 0 spiro atoms. The average molecular weight is 451 g/mol. The first kappa shape index (κ1) is 23.2. The fraction of sp³-hybridized carbons (Fsp3) is 0.200. The van der Waals surface area contributed by atoms with Crippen molar-refractivity contribution < 1.29 is 19.1 Å². The Kier molecular flexibility index (Phi) is 8.16. The normalized spacial score (nSPS) is 11.3. The Morgan fingerprint density at radius 3 is 2.12 bits per heavy atom. The van der Waals surface area contributed by atoms with Crippen molar-refractivity contribution in [3.05, 3.63) is 78.4 Å². The van der Waals surface area contributed by atoms with E-state index in [-0.39, 0.29) is 22.8 Å². The number of methoxy groups -OCH3 is 1. The molecule has 2 N–H and O–H groups in total. The molecule has 3 aromatic rings. The quantitative estimate of drug-likeness (QED) is 0.450. The van der Waals surface area contributed by atoms with Crippen LogP contribution >= 0.6 is 11.8 Å². The molecule has 1 unspecified atom stereocenters. The molecule has 6 nitrogen and oxygen atoms in total. The zero-order valence-electron chi connectivity index (χ0n) is 18.3. The van der Waals surface area contributed by atoms with E-state index in [1.807, 2.05) is 55.5 Å². The highest BCUT2D eigenvalue weighted by Gasteiger charge is 2.16. The zero-order chi connectivity index (χ0) is 22.9. The van der Waals surface area contributed by atoms with Gasteiger partial charge in [-0.25, -0.2) is 0 Å². The minimum atomic E-state index is -0.386. The van der Waals surface area contributed by atoms with E-state index >= 15 is 0 Å². The van der Waals surface area contributed by atoms with Gasteiger partial charge in [-0.3, -0.25) is 9.59 Å². The number of aryl methyl sites for hydroxylation is 1. The van der Waals surface area contributed by atoms with Crippen molar-refractivity contribution in [1.29, 1.82) is 0 Å². The van der Waals surface area contributed by atoms with E-state index in [9.17, 15) is 9.59 Å². The maximum Gasteiger partial charge on any atom is 0.237 e. The highest BCUT2D eigenvalue weighted by atomic mass is 32.2. The summed E-state index contributed by atoms with van der Waals surface area (Å²) in [6, 6.07) is 22.0. The molecule has 0 radical (unpaired) electrons. The summed E-state index contributed by atoms with van der Waals surface area (Å²) in [5, 5.41) is 5.31. The van der Waals surface area contributed by atoms with E-state index in [4.69, 9.17) is 9.47 Å². The van der Waals surface area contributed by atoms with Crippen LogP contribution in [0.15, 0.2) is 72.8 Å². The lowest BCUT2D eigenvalue weighted by molar-refractivity contribution is -0.115. The molecule has 0 aliphatic rings. The second-order valence-electron chi connectivity index (χ2n) is 7.13. The van der Waals surface area contributed by atoms with Crippen LogP contribution in [0.2, 0.25) is 0 Å². The standard InChI is InChI=1S/C25H26N2O4S/c1-17-8-10-19(11-9-17)26-24(28)16-32-18(2)25(29)27-20-12-14-21(15-13-20)31-23-7-5-4-6-22(23)30-3/h4-15,18H,16H2,1-3H3,(H,26,28)(H,27,29). The van der Waals surface area contributed by atoms with Crippen LogP contribution in [0.3, 0.4) is 0 Å². The van der Waals surface area contributed by atoms with E-state index in [0.29, 0.717) is 22.9 Å². The number of rotatable bonds is 9. The fourth-order valence-electron chi connectivity index (χ4n) is 2.79. The Morgan fingerprint density at radius 1 is 0.875 bits per heavy atom. The Morgan fingerprint density at radius 2 is 1.47 bits per heavy atom. The summed E-state index contributed by atoms with van der Waals surface area (Å²) in [5.74, 6) is 1.76. The van der Waals surface area contributed by atoms with E-state index in [1.54, 1.807) is 38.3 Å². The van der Waals surface area contributed by atoms with Gasteiger partial charge in [0.15, 0.2) is 11.5 Å². The van der Waals surface area contributed by atoms with Crippen LogP contribution in [0.1, 0.15) is 12.5 Å². The number of anilines is 2. The second-order valence-corrected chi connectivity index (χ2v) is 8.46. The van der Waals surface area contributed by atoms with Crippen LogP contribution in [-0.2, 0) is 9.59 Å². The van der Waals surface area contributed by atoms with E-state index in [1.165, 1.54) is 11.8 Å². The lowest BCUT2D eigenvalue weighted by Gasteiger charge is -2.13. The number of ether oxygens (including phenoxy) is 2. The molecule has 0 saturated carbocycles. The second kappa shape index (κ2) is 11.2. The topological polar surface area (TPSA) is 76.7 Å². The third kappa shape index (κ3) is 6.78. The van der Waals surface area contributed by atoms with E-state index in [0.717, 1.165) is 11.3 Å². The first-order valence-electron chi connectivity index (χ1n) is 10.1. The molecule has 0 aliphatic heterocycles. The Hall–Kier alpha value is -3.45. The Bertz CT molecular complexity index is 1050.